The summed E-state index contributed by atoms with van der Waals surface area (Å²) < 4.78 is 25.2. The van der Waals surface area contributed by atoms with Gasteiger partial charge in [-0.3, -0.25) is 0 Å². The summed E-state index contributed by atoms with van der Waals surface area (Å²) in [5, 5.41) is 13.7. The van der Waals surface area contributed by atoms with Crippen LogP contribution in [0.3, 0.4) is 0 Å². The van der Waals surface area contributed by atoms with Crippen molar-refractivity contribution >= 4 is 0 Å². The highest BCUT2D eigenvalue weighted by Crippen LogP contribution is 2.26. The van der Waals surface area contributed by atoms with E-state index >= 15 is 0 Å². The summed E-state index contributed by atoms with van der Waals surface area (Å²) >= 11 is 0. The monoisotopic (exact) mass is 283 g/mol. The van der Waals surface area contributed by atoms with Crippen molar-refractivity contribution in [1.29, 1.82) is 0 Å². The molecule has 20 heavy (non-hydrogen) atoms. The first kappa shape index (κ1) is 15.4. The zero-order valence-corrected chi connectivity index (χ0v) is 11.7. The number of halogens is 2. The van der Waals surface area contributed by atoms with Crippen molar-refractivity contribution in [3.05, 3.63) is 35.4 Å². The van der Waals surface area contributed by atoms with Gasteiger partial charge >= 0.3 is 0 Å². The van der Waals surface area contributed by atoms with Crippen molar-refractivity contribution in [3.8, 4) is 0 Å². The van der Waals surface area contributed by atoms with Crippen LogP contribution in [0, 0.1) is 0 Å². The van der Waals surface area contributed by atoms with Crippen LogP contribution in [0.4, 0.5) is 8.78 Å². The third-order valence-electron chi connectivity index (χ3n) is 4.02. The van der Waals surface area contributed by atoms with Gasteiger partial charge in [0, 0.05) is 18.7 Å². The van der Waals surface area contributed by atoms with E-state index in [-0.39, 0.29) is 5.56 Å². The van der Waals surface area contributed by atoms with Gasteiger partial charge in [0.1, 0.15) is 0 Å². The van der Waals surface area contributed by atoms with E-state index in [4.69, 9.17) is 0 Å². The van der Waals surface area contributed by atoms with E-state index in [1.165, 1.54) is 25.0 Å². The molecule has 1 saturated carbocycles. The van der Waals surface area contributed by atoms with Gasteiger partial charge in [0.15, 0.2) is 0 Å². The standard InChI is InChI=1S/C16H23F2NO/c17-15(18)14-7-5-6-13(10-14)11-19-12-16(20)8-3-1-2-4-9-16/h5-7,10,15,19-20H,1-4,8-9,11-12H2. The molecule has 0 radical (unpaired) electrons. The number of alkyl halides is 2. The van der Waals surface area contributed by atoms with Gasteiger partial charge in [-0.2, -0.15) is 0 Å². The minimum Gasteiger partial charge on any atom is -0.389 e. The molecule has 0 unspecified atom stereocenters. The van der Waals surface area contributed by atoms with E-state index < -0.39 is 12.0 Å². The maximum atomic E-state index is 12.6. The fourth-order valence-corrected chi connectivity index (χ4v) is 2.84. The molecular formula is C16H23F2NO. The van der Waals surface area contributed by atoms with Gasteiger partial charge in [-0.1, -0.05) is 43.9 Å². The SMILES string of the molecule is OC1(CNCc2cccc(C(F)F)c2)CCCCCC1. The molecule has 0 bridgehead atoms. The highest BCUT2D eigenvalue weighted by atomic mass is 19.3. The van der Waals surface area contributed by atoms with E-state index in [0.717, 1.165) is 31.2 Å². The summed E-state index contributed by atoms with van der Waals surface area (Å²) in [6.45, 7) is 1.05. The first-order chi connectivity index (χ1) is 9.59. The molecule has 0 aromatic heterocycles. The van der Waals surface area contributed by atoms with Crippen LogP contribution in [0.2, 0.25) is 0 Å². The number of rotatable bonds is 5. The smallest absolute Gasteiger partial charge is 0.263 e. The molecule has 0 spiro atoms. The van der Waals surface area contributed by atoms with Gasteiger partial charge in [0.2, 0.25) is 0 Å². The van der Waals surface area contributed by atoms with Gasteiger partial charge in [-0.25, -0.2) is 8.78 Å². The summed E-state index contributed by atoms with van der Waals surface area (Å²) in [7, 11) is 0. The Kier molecular flexibility index (Phi) is 5.49. The Labute approximate surface area is 119 Å². The quantitative estimate of drug-likeness (QED) is 0.806. The van der Waals surface area contributed by atoms with E-state index in [0.29, 0.717) is 13.1 Å². The lowest BCUT2D eigenvalue weighted by molar-refractivity contribution is 0.0250. The molecule has 0 aliphatic heterocycles. The molecule has 1 aliphatic rings. The number of nitrogens with one attached hydrogen (secondary N) is 1. The minimum atomic E-state index is -2.43. The summed E-state index contributed by atoms with van der Waals surface area (Å²) in [5.41, 5.74) is 0.258. The second-order valence-corrected chi connectivity index (χ2v) is 5.79. The van der Waals surface area contributed by atoms with Gasteiger partial charge in [0.25, 0.3) is 6.43 Å². The largest absolute Gasteiger partial charge is 0.389 e. The van der Waals surface area contributed by atoms with Crippen molar-refractivity contribution in [2.24, 2.45) is 0 Å². The summed E-state index contributed by atoms with van der Waals surface area (Å²) in [6, 6.07) is 6.44. The predicted molar refractivity (Wildman–Crippen MR) is 75.8 cm³/mol. The Balaban J connectivity index is 1.84. The van der Waals surface area contributed by atoms with E-state index in [2.05, 4.69) is 5.32 Å². The lowest BCUT2D eigenvalue weighted by Crippen LogP contribution is -2.39. The molecule has 1 fully saturated rings. The van der Waals surface area contributed by atoms with Crippen LogP contribution in [0.5, 0.6) is 0 Å². The lowest BCUT2D eigenvalue weighted by Gasteiger charge is -2.27. The Morgan fingerprint density at radius 1 is 1.15 bits per heavy atom. The van der Waals surface area contributed by atoms with Crippen LogP contribution in [0.1, 0.15) is 56.1 Å². The second-order valence-electron chi connectivity index (χ2n) is 5.79. The minimum absolute atomic E-state index is 0.0532. The topological polar surface area (TPSA) is 32.3 Å². The number of aliphatic hydroxyl groups is 1. The zero-order valence-electron chi connectivity index (χ0n) is 11.7. The third kappa shape index (κ3) is 4.53. The van der Waals surface area contributed by atoms with Gasteiger partial charge in [-0.05, 0) is 24.5 Å². The van der Waals surface area contributed by atoms with Crippen LogP contribution in [0.25, 0.3) is 0 Å². The van der Waals surface area contributed by atoms with Crippen molar-refractivity contribution in [1.82, 2.24) is 5.32 Å². The summed E-state index contributed by atoms with van der Waals surface area (Å²) in [6.07, 6.45) is 3.75. The van der Waals surface area contributed by atoms with Gasteiger partial charge in [-0.15, -0.1) is 0 Å². The summed E-state index contributed by atoms with van der Waals surface area (Å²) in [5.74, 6) is 0. The highest BCUT2D eigenvalue weighted by molar-refractivity contribution is 5.24. The fourth-order valence-electron chi connectivity index (χ4n) is 2.84. The Bertz CT molecular complexity index is 415. The molecule has 2 nitrogen and oxygen atoms in total. The van der Waals surface area contributed by atoms with E-state index in [1.807, 2.05) is 6.07 Å². The van der Waals surface area contributed by atoms with Crippen molar-refractivity contribution < 1.29 is 13.9 Å². The maximum Gasteiger partial charge on any atom is 0.263 e. The van der Waals surface area contributed by atoms with Crippen LogP contribution >= 0.6 is 0 Å². The summed E-state index contributed by atoms with van der Waals surface area (Å²) in [4.78, 5) is 0. The molecule has 0 atom stereocenters. The lowest BCUT2D eigenvalue weighted by atomic mass is 9.94. The first-order valence-corrected chi connectivity index (χ1v) is 7.39. The Hall–Kier alpha value is -1.00. The number of hydrogen-bond acceptors (Lipinski definition) is 2. The first-order valence-electron chi connectivity index (χ1n) is 7.39. The zero-order chi connectivity index (χ0) is 14.4. The molecule has 0 amide bonds. The molecule has 1 aliphatic carbocycles. The second kappa shape index (κ2) is 7.14. The van der Waals surface area contributed by atoms with E-state index in [1.54, 1.807) is 6.07 Å². The predicted octanol–water partition coefficient (Wildman–Crippen LogP) is 3.80. The average molecular weight is 283 g/mol. The van der Waals surface area contributed by atoms with Crippen LogP contribution in [-0.2, 0) is 6.54 Å². The molecule has 4 heteroatoms. The van der Waals surface area contributed by atoms with E-state index in [9.17, 15) is 13.9 Å². The van der Waals surface area contributed by atoms with Gasteiger partial charge < -0.3 is 10.4 Å². The maximum absolute atomic E-state index is 12.6. The highest BCUT2D eigenvalue weighted by Gasteiger charge is 2.27. The molecule has 0 saturated heterocycles. The Morgan fingerprint density at radius 2 is 1.85 bits per heavy atom. The van der Waals surface area contributed by atoms with Crippen LogP contribution < -0.4 is 5.32 Å². The molecule has 1 aromatic carbocycles. The number of benzene rings is 1. The Morgan fingerprint density at radius 3 is 2.50 bits per heavy atom. The van der Waals surface area contributed by atoms with Crippen molar-refractivity contribution in [2.45, 2.75) is 57.1 Å². The third-order valence-corrected chi connectivity index (χ3v) is 4.02. The molecule has 1 aromatic rings. The molecular weight excluding hydrogens is 260 g/mol. The molecule has 2 N–H and O–H groups in total. The van der Waals surface area contributed by atoms with Crippen LogP contribution in [0.15, 0.2) is 24.3 Å². The van der Waals surface area contributed by atoms with Crippen molar-refractivity contribution in [2.75, 3.05) is 6.54 Å². The molecule has 2 rings (SSSR count). The van der Waals surface area contributed by atoms with Crippen LogP contribution in [-0.4, -0.2) is 17.3 Å². The number of hydrogen-bond donors (Lipinski definition) is 2. The molecule has 0 heterocycles. The molecule has 112 valence electrons. The van der Waals surface area contributed by atoms with Crippen molar-refractivity contribution in [3.63, 3.8) is 0 Å². The fraction of sp³-hybridized carbons (Fsp3) is 0.625. The van der Waals surface area contributed by atoms with Gasteiger partial charge in [0.05, 0.1) is 5.60 Å². The average Bonchev–Trinajstić information content (AvgIpc) is 2.64. The normalized spacial score (nSPS) is 19.0.